The third-order valence-corrected chi connectivity index (χ3v) is 3.69. The number of carbonyl (C=O) groups is 1. The van der Waals surface area contributed by atoms with Crippen LogP contribution >= 0.6 is 0 Å². The van der Waals surface area contributed by atoms with Crippen LogP contribution in [0.5, 0.6) is 0 Å². The van der Waals surface area contributed by atoms with E-state index < -0.39 is 0 Å². The second-order valence-electron chi connectivity index (χ2n) is 5.02. The number of alkyl carbamates (subject to hydrolysis) is 1. The number of hydrogen-bond acceptors (Lipinski definition) is 3. The summed E-state index contributed by atoms with van der Waals surface area (Å²) in [6, 6.07) is 0.357. The van der Waals surface area contributed by atoms with Crippen molar-refractivity contribution in [2.75, 3.05) is 0 Å². The Labute approximate surface area is 96.9 Å². The molecule has 0 spiro atoms. The first-order valence-electron chi connectivity index (χ1n) is 6.48. The molecule has 2 rings (SSSR count). The fraction of sp³-hybridized carbons (Fsp3) is 0.917. The number of ether oxygens (including phenoxy) is 1. The van der Waals surface area contributed by atoms with E-state index in [4.69, 9.17) is 10.5 Å². The van der Waals surface area contributed by atoms with Crippen molar-refractivity contribution in [2.24, 2.45) is 5.73 Å². The van der Waals surface area contributed by atoms with E-state index in [1.54, 1.807) is 0 Å². The number of hydrogen-bond donors (Lipinski definition) is 2. The van der Waals surface area contributed by atoms with E-state index in [-0.39, 0.29) is 18.2 Å². The van der Waals surface area contributed by atoms with E-state index in [9.17, 15) is 4.79 Å². The molecule has 92 valence electrons. The number of nitrogens with two attached hydrogens (primary N) is 1. The van der Waals surface area contributed by atoms with Crippen LogP contribution in [0.1, 0.15) is 51.4 Å². The summed E-state index contributed by atoms with van der Waals surface area (Å²) < 4.78 is 5.39. The van der Waals surface area contributed by atoms with Crippen molar-refractivity contribution in [3.63, 3.8) is 0 Å². The van der Waals surface area contributed by atoms with Gasteiger partial charge in [0, 0.05) is 12.1 Å². The van der Waals surface area contributed by atoms with Gasteiger partial charge >= 0.3 is 6.09 Å². The molecule has 2 aliphatic carbocycles. The van der Waals surface area contributed by atoms with Crippen LogP contribution in [0, 0.1) is 0 Å². The van der Waals surface area contributed by atoms with E-state index in [2.05, 4.69) is 5.32 Å². The molecule has 0 aromatic rings. The molecular formula is C12H22N2O2. The van der Waals surface area contributed by atoms with Crippen LogP contribution in [0.4, 0.5) is 4.79 Å². The van der Waals surface area contributed by atoms with Crippen LogP contribution in [0.2, 0.25) is 0 Å². The summed E-state index contributed by atoms with van der Waals surface area (Å²) in [5.74, 6) is 0. The highest BCUT2D eigenvalue weighted by Gasteiger charge is 2.26. The van der Waals surface area contributed by atoms with Gasteiger partial charge in [0.05, 0.1) is 0 Å². The Balaban J connectivity index is 1.72. The van der Waals surface area contributed by atoms with Crippen molar-refractivity contribution < 1.29 is 9.53 Å². The molecule has 0 aliphatic heterocycles. The Morgan fingerprint density at radius 1 is 1.06 bits per heavy atom. The Bertz CT molecular complexity index is 239. The normalized spacial score (nSPS) is 31.3. The lowest BCUT2D eigenvalue weighted by Gasteiger charge is -2.28. The molecule has 2 unspecified atom stereocenters. The SMILES string of the molecule is NC1CCCCC1OC(=O)NC1CCCC1. The van der Waals surface area contributed by atoms with Crippen LogP contribution in [0.25, 0.3) is 0 Å². The van der Waals surface area contributed by atoms with E-state index in [1.807, 2.05) is 0 Å². The second-order valence-corrected chi connectivity index (χ2v) is 5.02. The van der Waals surface area contributed by atoms with Gasteiger partial charge in [0.2, 0.25) is 0 Å². The minimum Gasteiger partial charge on any atom is -0.445 e. The fourth-order valence-electron chi connectivity index (χ4n) is 2.68. The van der Waals surface area contributed by atoms with Gasteiger partial charge < -0.3 is 15.8 Å². The van der Waals surface area contributed by atoms with Crippen LogP contribution in [0.3, 0.4) is 0 Å². The molecule has 4 nitrogen and oxygen atoms in total. The molecule has 16 heavy (non-hydrogen) atoms. The van der Waals surface area contributed by atoms with Crippen molar-refractivity contribution in [1.82, 2.24) is 5.32 Å². The molecule has 0 radical (unpaired) electrons. The first-order valence-corrected chi connectivity index (χ1v) is 6.48. The van der Waals surface area contributed by atoms with Crippen molar-refractivity contribution >= 4 is 6.09 Å². The van der Waals surface area contributed by atoms with Gasteiger partial charge in [-0.05, 0) is 32.1 Å². The molecule has 2 fully saturated rings. The topological polar surface area (TPSA) is 64.3 Å². The standard InChI is InChI=1S/C12H22N2O2/c13-10-7-3-4-8-11(10)16-12(15)14-9-5-1-2-6-9/h9-11H,1-8,13H2,(H,14,15). The van der Waals surface area contributed by atoms with Gasteiger partial charge in [0.1, 0.15) is 6.10 Å². The largest absolute Gasteiger partial charge is 0.445 e. The maximum Gasteiger partial charge on any atom is 0.407 e. The van der Waals surface area contributed by atoms with Crippen LogP contribution in [-0.4, -0.2) is 24.3 Å². The van der Waals surface area contributed by atoms with Gasteiger partial charge in [0.15, 0.2) is 0 Å². The molecule has 3 N–H and O–H groups in total. The van der Waals surface area contributed by atoms with Crippen molar-refractivity contribution in [1.29, 1.82) is 0 Å². The second kappa shape index (κ2) is 5.53. The van der Waals surface area contributed by atoms with Crippen LogP contribution in [0.15, 0.2) is 0 Å². The van der Waals surface area contributed by atoms with Gasteiger partial charge in [0.25, 0.3) is 0 Å². The first kappa shape index (κ1) is 11.7. The zero-order valence-corrected chi connectivity index (χ0v) is 9.78. The van der Waals surface area contributed by atoms with Gasteiger partial charge in [-0.1, -0.05) is 19.3 Å². The molecule has 2 atom stereocenters. The fourth-order valence-corrected chi connectivity index (χ4v) is 2.68. The molecule has 0 aromatic heterocycles. The van der Waals surface area contributed by atoms with Crippen LogP contribution < -0.4 is 11.1 Å². The maximum absolute atomic E-state index is 11.6. The van der Waals surface area contributed by atoms with E-state index >= 15 is 0 Å². The van der Waals surface area contributed by atoms with E-state index in [1.165, 1.54) is 12.8 Å². The Kier molecular flexibility index (Phi) is 4.04. The predicted octanol–water partition coefficient (Wildman–Crippen LogP) is 1.93. The molecule has 2 aliphatic rings. The number of amides is 1. The molecule has 1 amide bonds. The van der Waals surface area contributed by atoms with E-state index in [0.717, 1.165) is 38.5 Å². The lowest BCUT2D eigenvalue weighted by Crippen LogP contribution is -2.44. The van der Waals surface area contributed by atoms with E-state index in [0.29, 0.717) is 6.04 Å². The summed E-state index contributed by atoms with van der Waals surface area (Å²) in [5, 5.41) is 2.93. The third kappa shape index (κ3) is 3.11. The quantitative estimate of drug-likeness (QED) is 0.756. The molecule has 2 saturated carbocycles. The molecule has 0 saturated heterocycles. The lowest BCUT2D eigenvalue weighted by atomic mass is 9.93. The van der Waals surface area contributed by atoms with Crippen LogP contribution in [-0.2, 0) is 4.74 Å². The molecule has 0 aromatic carbocycles. The Morgan fingerprint density at radius 3 is 2.38 bits per heavy atom. The summed E-state index contributed by atoms with van der Waals surface area (Å²) in [6.07, 6.45) is 8.44. The van der Waals surface area contributed by atoms with Crippen molar-refractivity contribution in [2.45, 2.75) is 69.6 Å². The average Bonchev–Trinajstić information content (AvgIpc) is 2.74. The first-order chi connectivity index (χ1) is 7.75. The highest BCUT2D eigenvalue weighted by Crippen LogP contribution is 2.21. The highest BCUT2D eigenvalue weighted by atomic mass is 16.6. The predicted molar refractivity (Wildman–Crippen MR) is 62.1 cm³/mol. The third-order valence-electron chi connectivity index (χ3n) is 3.69. The zero-order chi connectivity index (χ0) is 11.4. The lowest BCUT2D eigenvalue weighted by molar-refractivity contribution is 0.0606. The van der Waals surface area contributed by atoms with Crippen molar-refractivity contribution in [3.8, 4) is 0 Å². The molecule has 0 bridgehead atoms. The molecule has 4 heteroatoms. The van der Waals surface area contributed by atoms with Gasteiger partial charge in [-0.15, -0.1) is 0 Å². The Morgan fingerprint density at radius 2 is 1.69 bits per heavy atom. The van der Waals surface area contributed by atoms with Gasteiger partial charge in [-0.2, -0.15) is 0 Å². The average molecular weight is 226 g/mol. The number of rotatable bonds is 2. The van der Waals surface area contributed by atoms with Crippen molar-refractivity contribution in [3.05, 3.63) is 0 Å². The smallest absolute Gasteiger partial charge is 0.407 e. The minimum absolute atomic E-state index is 0.0306. The Hall–Kier alpha value is -0.770. The number of carbonyl (C=O) groups excluding carboxylic acids is 1. The summed E-state index contributed by atoms with van der Waals surface area (Å²) in [4.78, 5) is 11.6. The summed E-state index contributed by atoms with van der Waals surface area (Å²) >= 11 is 0. The monoisotopic (exact) mass is 226 g/mol. The minimum atomic E-state index is -0.269. The zero-order valence-electron chi connectivity index (χ0n) is 9.78. The molecular weight excluding hydrogens is 204 g/mol. The molecule has 0 heterocycles. The maximum atomic E-state index is 11.6. The summed E-state index contributed by atoms with van der Waals surface area (Å²) in [6.45, 7) is 0. The summed E-state index contributed by atoms with van der Waals surface area (Å²) in [7, 11) is 0. The van der Waals surface area contributed by atoms with Gasteiger partial charge in [-0.3, -0.25) is 0 Å². The summed E-state index contributed by atoms with van der Waals surface area (Å²) in [5.41, 5.74) is 5.93. The highest BCUT2D eigenvalue weighted by molar-refractivity contribution is 5.67. The number of nitrogens with one attached hydrogen (secondary N) is 1. The van der Waals surface area contributed by atoms with Gasteiger partial charge in [-0.25, -0.2) is 4.79 Å².